The van der Waals surface area contributed by atoms with Crippen molar-refractivity contribution in [2.24, 2.45) is 0 Å². The van der Waals surface area contributed by atoms with E-state index in [1.54, 1.807) is 6.07 Å². The minimum absolute atomic E-state index is 0.0376. The summed E-state index contributed by atoms with van der Waals surface area (Å²) in [6.07, 6.45) is 1.85. The van der Waals surface area contributed by atoms with E-state index in [-0.39, 0.29) is 17.9 Å². The molecule has 0 spiro atoms. The van der Waals surface area contributed by atoms with Crippen LogP contribution in [-0.4, -0.2) is 67.0 Å². The molecule has 30 heavy (non-hydrogen) atoms. The molecule has 158 valence electrons. The molecule has 1 aromatic carbocycles. The Balaban J connectivity index is 1.29. The minimum atomic E-state index is -0.195. The van der Waals surface area contributed by atoms with Crippen LogP contribution in [0.25, 0.3) is 0 Å². The van der Waals surface area contributed by atoms with E-state index < -0.39 is 0 Å². The van der Waals surface area contributed by atoms with E-state index in [4.69, 9.17) is 9.15 Å². The van der Waals surface area contributed by atoms with E-state index in [0.29, 0.717) is 24.3 Å². The Bertz CT molecular complexity index is 955. The van der Waals surface area contributed by atoms with E-state index in [2.05, 4.69) is 9.80 Å². The van der Waals surface area contributed by atoms with Gasteiger partial charge in [0.2, 0.25) is 0 Å². The molecule has 2 amide bonds. The smallest absolute Gasteiger partial charge is 0.263 e. The Labute approximate surface area is 176 Å². The average molecular weight is 409 g/mol. The molecule has 0 N–H and O–H groups in total. The van der Waals surface area contributed by atoms with Crippen LogP contribution < -0.4 is 4.90 Å². The van der Waals surface area contributed by atoms with Gasteiger partial charge in [0, 0.05) is 32.8 Å². The molecule has 0 aliphatic carbocycles. The number of hydrogen-bond donors (Lipinski definition) is 0. The lowest BCUT2D eigenvalue weighted by atomic mass is 10.1. The van der Waals surface area contributed by atoms with E-state index in [9.17, 15) is 9.59 Å². The molecule has 1 unspecified atom stereocenters. The summed E-state index contributed by atoms with van der Waals surface area (Å²) >= 11 is 0. The predicted molar refractivity (Wildman–Crippen MR) is 112 cm³/mol. The number of fused-ring (bicyclic) bond motifs is 1. The second-order valence-electron chi connectivity index (χ2n) is 8.33. The SMILES string of the molecule is Cc1ccc(CN2CCN(c3cccc4c3C(=O)N(CC3CCCO3)C4=O)CC2)o1. The molecule has 7 nitrogen and oxygen atoms in total. The molecule has 4 heterocycles. The number of furan rings is 1. The highest BCUT2D eigenvalue weighted by atomic mass is 16.5. The van der Waals surface area contributed by atoms with Crippen molar-refractivity contribution in [3.63, 3.8) is 0 Å². The number of rotatable bonds is 5. The molecular weight excluding hydrogens is 382 g/mol. The van der Waals surface area contributed by atoms with E-state index in [1.165, 1.54) is 4.90 Å². The number of piperazine rings is 1. The third kappa shape index (κ3) is 3.52. The molecule has 5 rings (SSSR count). The number of carbonyl (C=O) groups is 2. The van der Waals surface area contributed by atoms with Crippen LogP contribution >= 0.6 is 0 Å². The van der Waals surface area contributed by atoms with Crippen molar-refractivity contribution in [3.8, 4) is 0 Å². The summed E-state index contributed by atoms with van der Waals surface area (Å²) in [6.45, 7) is 7.19. The molecule has 0 bridgehead atoms. The molecule has 2 fully saturated rings. The quantitative estimate of drug-likeness (QED) is 0.708. The largest absolute Gasteiger partial charge is 0.465 e. The topological polar surface area (TPSA) is 66.2 Å². The van der Waals surface area contributed by atoms with E-state index >= 15 is 0 Å². The van der Waals surface area contributed by atoms with Gasteiger partial charge in [-0.1, -0.05) is 6.07 Å². The summed E-state index contributed by atoms with van der Waals surface area (Å²) in [7, 11) is 0. The summed E-state index contributed by atoms with van der Waals surface area (Å²) in [6, 6.07) is 9.63. The van der Waals surface area contributed by atoms with Gasteiger partial charge in [-0.25, -0.2) is 0 Å². The second-order valence-corrected chi connectivity index (χ2v) is 8.33. The zero-order valence-corrected chi connectivity index (χ0v) is 17.3. The van der Waals surface area contributed by atoms with Gasteiger partial charge in [-0.3, -0.25) is 19.4 Å². The molecule has 7 heteroatoms. The van der Waals surface area contributed by atoms with Crippen LogP contribution in [0.3, 0.4) is 0 Å². The van der Waals surface area contributed by atoms with Crippen LogP contribution in [0.2, 0.25) is 0 Å². The van der Waals surface area contributed by atoms with Gasteiger partial charge in [-0.05, 0) is 44.0 Å². The monoisotopic (exact) mass is 409 g/mol. The van der Waals surface area contributed by atoms with Gasteiger partial charge >= 0.3 is 0 Å². The lowest BCUT2D eigenvalue weighted by Gasteiger charge is -2.36. The summed E-state index contributed by atoms with van der Waals surface area (Å²) < 4.78 is 11.3. The van der Waals surface area contributed by atoms with Crippen molar-refractivity contribution >= 4 is 17.5 Å². The van der Waals surface area contributed by atoms with Gasteiger partial charge < -0.3 is 14.1 Å². The highest BCUT2D eigenvalue weighted by Gasteiger charge is 2.40. The van der Waals surface area contributed by atoms with E-state index in [1.807, 2.05) is 31.2 Å². The zero-order chi connectivity index (χ0) is 20.7. The Kier molecular flexibility index (Phi) is 5.08. The van der Waals surface area contributed by atoms with Crippen LogP contribution in [0.15, 0.2) is 34.7 Å². The van der Waals surface area contributed by atoms with Gasteiger partial charge in [-0.2, -0.15) is 0 Å². The summed E-state index contributed by atoms with van der Waals surface area (Å²) in [4.78, 5) is 32.0. The highest BCUT2D eigenvalue weighted by Crippen LogP contribution is 2.33. The number of hydrogen-bond acceptors (Lipinski definition) is 6. The van der Waals surface area contributed by atoms with Crippen LogP contribution in [0.1, 0.15) is 45.1 Å². The fourth-order valence-corrected chi connectivity index (χ4v) is 4.67. The van der Waals surface area contributed by atoms with Crippen molar-refractivity contribution in [1.82, 2.24) is 9.80 Å². The number of carbonyl (C=O) groups excluding carboxylic acids is 2. The molecule has 2 saturated heterocycles. The first-order valence-corrected chi connectivity index (χ1v) is 10.7. The first-order valence-electron chi connectivity index (χ1n) is 10.7. The second kappa shape index (κ2) is 7.89. The highest BCUT2D eigenvalue weighted by molar-refractivity contribution is 6.23. The number of anilines is 1. The van der Waals surface area contributed by atoms with Crippen LogP contribution in [0.5, 0.6) is 0 Å². The van der Waals surface area contributed by atoms with Gasteiger partial charge in [0.05, 0.1) is 36.0 Å². The molecule has 3 aliphatic heterocycles. The fourth-order valence-electron chi connectivity index (χ4n) is 4.67. The van der Waals surface area contributed by atoms with Crippen LogP contribution in [0.4, 0.5) is 5.69 Å². The van der Waals surface area contributed by atoms with Crippen molar-refractivity contribution in [3.05, 3.63) is 53.0 Å². The predicted octanol–water partition coefficient (Wildman–Crippen LogP) is 2.69. The number of benzene rings is 1. The summed E-state index contributed by atoms with van der Waals surface area (Å²) in [5.74, 6) is 1.53. The van der Waals surface area contributed by atoms with Crippen LogP contribution in [0, 0.1) is 6.92 Å². The maximum Gasteiger partial charge on any atom is 0.263 e. The van der Waals surface area contributed by atoms with Crippen molar-refractivity contribution in [2.75, 3.05) is 44.2 Å². The third-order valence-corrected chi connectivity index (χ3v) is 6.28. The number of amides is 2. The maximum atomic E-state index is 13.2. The molecule has 1 atom stereocenters. The zero-order valence-electron chi connectivity index (χ0n) is 17.3. The van der Waals surface area contributed by atoms with Crippen LogP contribution in [-0.2, 0) is 11.3 Å². The normalized spacial score (nSPS) is 22.2. The number of nitrogens with zero attached hydrogens (tertiary/aromatic N) is 3. The Morgan fingerprint density at radius 3 is 2.57 bits per heavy atom. The lowest BCUT2D eigenvalue weighted by Crippen LogP contribution is -2.46. The minimum Gasteiger partial charge on any atom is -0.465 e. The standard InChI is InChI=1S/C23H27N3O4/c1-16-7-8-18(30-16)14-24-9-11-25(12-10-24)20-6-2-5-19-21(20)23(28)26(22(19)27)15-17-4-3-13-29-17/h2,5-8,17H,3-4,9-15H2,1H3. The Hall–Kier alpha value is -2.64. The number of ether oxygens (including phenoxy) is 1. The molecule has 0 saturated carbocycles. The van der Waals surface area contributed by atoms with Crippen molar-refractivity contribution < 1.29 is 18.7 Å². The molecular formula is C23H27N3O4. The van der Waals surface area contributed by atoms with Crippen molar-refractivity contribution in [1.29, 1.82) is 0 Å². The van der Waals surface area contributed by atoms with E-state index in [0.717, 1.165) is 62.8 Å². The molecule has 3 aliphatic rings. The van der Waals surface area contributed by atoms with Gasteiger partial charge in [-0.15, -0.1) is 0 Å². The summed E-state index contributed by atoms with van der Waals surface area (Å²) in [5, 5.41) is 0. The number of imide groups is 1. The maximum absolute atomic E-state index is 13.2. The van der Waals surface area contributed by atoms with Gasteiger partial charge in [0.1, 0.15) is 11.5 Å². The Morgan fingerprint density at radius 2 is 1.87 bits per heavy atom. The fraction of sp³-hybridized carbons (Fsp3) is 0.478. The third-order valence-electron chi connectivity index (χ3n) is 6.28. The Morgan fingerprint density at radius 1 is 1.03 bits per heavy atom. The molecule has 2 aromatic rings. The first kappa shape index (κ1) is 19.3. The summed E-state index contributed by atoms with van der Waals surface area (Å²) in [5.41, 5.74) is 1.94. The van der Waals surface area contributed by atoms with Crippen molar-refractivity contribution in [2.45, 2.75) is 32.4 Å². The average Bonchev–Trinajstić information content (AvgIpc) is 3.47. The van der Waals surface area contributed by atoms with Gasteiger partial charge in [0.15, 0.2) is 0 Å². The number of aryl methyl sites for hydroxylation is 1. The lowest BCUT2D eigenvalue weighted by molar-refractivity contribution is 0.0475. The first-order chi connectivity index (χ1) is 14.6. The van der Waals surface area contributed by atoms with Gasteiger partial charge in [0.25, 0.3) is 11.8 Å². The molecule has 0 radical (unpaired) electrons. The molecule has 1 aromatic heterocycles.